The van der Waals surface area contributed by atoms with Gasteiger partial charge in [-0.05, 0) is 38.1 Å². The van der Waals surface area contributed by atoms with Crippen LogP contribution >= 0.6 is 0 Å². The third-order valence-corrected chi connectivity index (χ3v) is 2.80. The monoisotopic (exact) mass is 242 g/mol. The number of halogens is 1. The van der Waals surface area contributed by atoms with Crippen molar-refractivity contribution >= 4 is 11.0 Å². The molecule has 3 aromatic rings. The highest BCUT2D eigenvalue weighted by Crippen LogP contribution is 2.23. The van der Waals surface area contributed by atoms with Gasteiger partial charge in [0.25, 0.3) is 0 Å². The average molecular weight is 242 g/mol. The van der Waals surface area contributed by atoms with Gasteiger partial charge in [-0.3, -0.25) is 0 Å². The van der Waals surface area contributed by atoms with Crippen LogP contribution in [0.2, 0.25) is 0 Å². The second-order valence-corrected chi connectivity index (χ2v) is 4.23. The molecule has 5 heteroatoms. The number of imidazole rings is 1. The molecule has 1 aromatic carbocycles. The lowest BCUT2D eigenvalue weighted by Crippen LogP contribution is -1.94. The van der Waals surface area contributed by atoms with Gasteiger partial charge in [0.15, 0.2) is 0 Å². The molecule has 0 aliphatic heterocycles. The van der Waals surface area contributed by atoms with Crippen molar-refractivity contribution in [3.05, 3.63) is 41.5 Å². The number of hydrogen-bond acceptors (Lipinski definition) is 3. The van der Waals surface area contributed by atoms with Gasteiger partial charge >= 0.3 is 0 Å². The molecule has 0 atom stereocenters. The molecule has 0 amide bonds. The number of aryl methyl sites for hydroxylation is 2. The Kier molecular flexibility index (Phi) is 2.33. The van der Waals surface area contributed by atoms with Crippen molar-refractivity contribution in [3.8, 4) is 11.4 Å². The van der Waals surface area contributed by atoms with Crippen molar-refractivity contribution in [1.29, 1.82) is 0 Å². The van der Waals surface area contributed by atoms with Crippen LogP contribution in [0.15, 0.2) is 24.3 Å². The van der Waals surface area contributed by atoms with E-state index in [1.807, 2.05) is 19.9 Å². The number of nitrogens with zero attached hydrogens (tertiary/aromatic N) is 3. The van der Waals surface area contributed by atoms with Crippen molar-refractivity contribution in [3.63, 3.8) is 0 Å². The molecule has 3 rings (SSSR count). The molecule has 0 saturated heterocycles. The van der Waals surface area contributed by atoms with E-state index in [0.29, 0.717) is 11.3 Å². The fourth-order valence-corrected chi connectivity index (χ4v) is 1.90. The molecule has 0 saturated carbocycles. The van der Waals surface area contributed by atoms with Crippen molar-refractivity contribution in [2.45, 2.75) is 13.8 Å². The van der Waals surface area contributed by atoms with E-state index in [9.17, 15) is 4.39 Å². The molecule has 1 N–H and O–H groups in total. The summed E-state index contributed by atoms with van der Waals surface area (Å²) in [6, 6.07) is 6.40. The lowest BCUT2D eigenvalue weighted by molar-refractivity contribution is 0.629. The van der Waals surface area contributed by atoms with Gasteiger partial charge in [0.05, 0.1) is 22.4 Å². The van der Waals surface area contributed by atoms with E-state index in [-0.39, 0.29) is 5.82 Å². The Bertz CT molecular complexity index is 733. The van der Waals surface area contributed by atoms with Crippen LogP contribution in [0.1, 0.15) is 11.4 Å². The molecule has 0 spiro atoms. The smallest absolute Gasteiger partial charge is 0.140 e. The number of benzene rings is 1. The summed E-state index contributed by atoms with van der Waals surface area (Å²) in [7, 11) is 0. The molecule has 90 valence electrons. The summed E-state index contributed by atoms with van der Waals surface area (Å²) >= 11 is 0. The average Bonchev–Trinajstić information content (AvgIpc) is 2.74. The van der Waals surface area contributed by atoms with Crippen LogP contribution in [0.4, 0.5) is 4.39 Å². The Morgan fingerprint density at radius 3 is 2.78 bits per heavy atom. The molecule has 2 aromatic heterocycles. The second kappa shape index (κ2) is 3.87. The predicted octanol–water partition coefficient (Wildman–Crippen LogP) is 2.78. The number of hydrogen-bond donors (Lipinski definition) is 1. The van der Waals surface area contributed by atoms with Gasteiger partial charge in [-0.15, -0.1) is 0 Å². The van der Waals surface area contributed by atoms with Crippen LogP contribution in [-0.2, 0) is 0 Å². The number of nitrogens with one attached hydrogen (secondary N) is 1. The summed E-state index contributed by atoms with van der Waals surface area (Å²) in [5.41, 5.74) is 3.92. The van der Waals surface area contributed by atoms with Crippen LogP contribution in [0.25, 0.3) is 22.4 Å². The molecule has 0 fully saturated rings. The topological polar surface area (TPSA) is 54.5 Å². The summed E-state index contributed by atoms with van der Waals surface area (Å²) in [5.74, 6) is 0.407. The predicted molar refractivity (Wildman–Crippen MR) is 66.6 cm³/mol. The molecule has 18 heavy (non-hydrogen) atoms. The maximum absolute atomic E-state index is 13.1. The highest BCUT2D eigenvalue weighted by molar-refractivity contribution is 5.79. The van der Waals surface area contributed by atoms with E-state index in [1.165, 1.54) is 12.1 Å². The lowest BCUT2D eigenvalue weighted by atomic mass is 10.2. The molecule has 0 radical (unpaired) electrons. The van der Waals surface area contributed by atoms with Crippen LogP contribution in [0.5, 0.6) is 0 Å². The zero-order valence-electron chi connectivity index (χ0n) is 10.0. The number of rotatable bonds is 1. The molecule has 0 bridgehead atoms. The van der Waals surface area contributed by atoms with Gasteiger partial charge in [0.1, 0.15) is 11.6 Å². The van der Waals surface area contributed by atoms with E-state index in [4.69, 9.17) is 0 Å². The zero-order chi connectivity index (χ0) is 12.7. The highest BCUT2D eigenvalue weighted by Gasteiger charge is 2.10. The minimum Gasteiger partial charge on any atom is -0.338 e. The molecular weight excluding hydrogens is 231 g/mol. The van der Waals surface area contributed by atoms with E-state index >= 15 is 0 Å². The maximum atomic E-state index is 13.1. The normalized spacial score (nSPS) is 11.1. The number of aromatic nitrogens is 4. The van der Waals surface area contributed by atoms with Crippen LogP contribution in [0.3, 0.4) is 0 Å². The third-order valence-electron chi connectivity index (χ3n) is 2.80. The minimum absolute atomic E-state index is 0.279. The van der Waals surface area contributed by atoms with E-state index in [0.717, 1.165) is 22.5 Å². The fraction of sp³-hybridized carbons (Fsp3) is 0.154. The van der Waals surface area contributed by atoms with Gasteiger partial charge in [0.2, 0.25) is 0 Å². The minimum atomic E-state index is -0.279. The molecule has 0 aliphatic rings. The Balaban J connectivity index is 2.22. The summed E-state index contributed by atoms with van der Waals surface area (Å²) in [6.45, 7) is 3.74. The van der Waals surface area contributed by atoms with Gasteiger partial charge in [-0.2, -0.15) is 10.2 Å². The Morgan fingerprint density at radius 2 is 1.94 bits per heavy atom. The highest BCUT2D eigenvalue weighted by atomic mass is 19.1. The Labute approximate surface area is 103 Å². The molecule has 0 aliphatic carbocycles. The maximum Gasteiger partial charge on any atom is 0.140 e. The van der Waals surface area contributed by atoms with Crippen molar-refractivity contribution in [2.24, 2.45) is 0 Å². The lowest BCUT2D eigenvalue weighted by Gasteiger charge is -2.01. The molecular formula is C13H11FN4. The van der Waals surface area contributed by atoms with Gasteiger partial charge in [-0.1, -0.05) is 0 Å². The van der Waals surface area contributed by atoms with Crippen LogP contribution in [-0.4, -0.2) is 20.2 Å². The van der Waals surface area contributed by atoms with E-state index in [2.05, 4.69) is 20.2 Å². The molecule has 2 heterocycles. The van der Waals surface area contributed by atoms with Gasteiger partial charge in [0, 0.05) is 5.56 Å². The standard InChI is InChI=1S/C13H11FN4/c1-7-5-10(8(2)18-17-7)13-15-11-4-3-9(14)6-12(11)16-13/h3-6H,1-2H3,(H,15,16). The van der Waals surface area contributed by atoms with Gasteiger partial charge in [-0.25, -0.2) is 9.37 Å². The summed E-state index contributed by atoms with van der Waals surface area (Å²) in [6.07, 6.45) is 0. The summed E-state index contributed by atoms with van der Waals surface area (Å²) in [4.78, 5) is 7.54. The molecule has 0 unspecified atom stereocenters. The third kappa shape index (κ3) is 1.73. The summed E-state index contributed by atoms with van der Waals surface area (Å²) in [5, 5.41) is 8.04. The van der Waals surface area contributed by atoms with Crippen molar-refractivity contribution in [1.82, 2.24) is 20.2 Å². The van der Waals surface area contributed by atoms with Crippen LogP contribution < -0.4 is 0 Å². The van der Waals surface area contributed by atoms with Gasteiger partial charge < -0.3 is 4.98 Å². The van der Waals surface area contributed by atoms with E-state index < -0.39 is 0 Å². The second-order valence-electron chi connectivity index (χ2n) is 4.23. The first-order chi connectivity index (χ1) is 8.63. The van der Waals surface area contributed by atoms with Crippen molar-refractivity contribution in [2.75, 3.05) is 0 Å². The summed E-state index contributed by atoms with van der Waals surface area (Å²) < 4.78 is 13.1. The van der Waals surface area contributed by atoms with E-state index in [1.54, 1.807) is 6.07 Å². The Hall–Kier alpha value is -2.30. The first-order valence-electron chi connectivity index (χ1n) is 5.60. The Morgan fingerprint density at radius 1 is 1.11 bits per heavy atom. The largest absolute Gasteiger partial charge is 0.338 e. The quantitative estimate of drug-likeness (QED) is 0.713. The van der Waals surface area contributed by atoms with Crippen LogP contribution in [0, 0.1) is 19.7 Å². The first kappa shape index (κ1) is 10.8. The zero-order valence-corrected chi connectivity index (χ0v) is 10.0. The van der Waals surface area contributed by atoms with Crippen molar-refractivity contribution < 1.29 is 4.39 Å². The number of fused-ring (bicyclic) bond motifs is 1. The number of H-pyrrole nitrogens is 1. The fourth-order valence-electron chi connectivity index (χ4n) is 1.90. The first-order valence-corrected chi connectivity index (χ1v) is 5.60. The SMILES string of the molecule is Cc1cc(-c2nc3ccc(F)cc3[nH]2)c(C)nn1. The number of aromatic amines is 1. The molecule has 4 nitrogen and oxygen atoms in total.